The predicted molar refractivity (Wildman–Crippen MR) is 204 cm³/mol. The van der Waals surface area contributed by atoms with Crippen LogP contribution >= 0.6 is 45.3 Å². The molecule has 7 aromatic rings. The summed E-state index contributed by atoms with van der Waals surface area (Å²) in [6, 6.07) is 50.7. The van der Waals surface area contributed by atoms with E-state index >= 15 is 0 Å². The normalized spacial score (nSPS) is 10.9. The van der Waals surface area contributed by atoms with E-state index in [9.17, 15) is 0 Å². The van der Waals surface area contributed by atoms with E-state index in [0.29, 0.717) is 0 Å². The van der Waals surface area contributed by atoms with E-state index in [1.54, 1.807) is 40.1 Å². The van der Waals surface area contributed by atoms with E-state index in [1.807, 2.05) is 47.7 Å². The molecule has 7 rings (SSSR count). The maximum Gasteiger partial charge on any atom is 0.131 e. The lowest BCUT2D eigenvalue weighted by Gasteiger charge is -2.25. The fourth-order valence-electron chi connectivity index (χ4n) is 5.11. The summed E-state index contributed by atoms with van der Waals surface area (Å²) in [5.41, 5.74) is 4.71. The van der Waals surface area contributed by atoms with Crippen LogP contribution in [0.2, 0.25) is 0 Å². The second-order valence-electron chi connectivity index (χ2n) is 10.4. The van der Waals surface area contributed by atoms with Gasteiger partial charge in [0, 0.05) is 56.1 Å². The smallest absolute Gasteiger partial charge is 0.131 e. The van der Waals surface area contributed by atoms with Crippen LogP contribution in [0.4, 0.5) is 17.1 Å². The zero-order valence-corrected chi connectivity index (χ0v) is 28.2. The maximum atomic E-state index is 9.03. The molecular weight excluding hydrogens is 651 g/mol. The van der Waals surface area contributed by atoms with E-state index in [0.717, 1.165) is 26.8 Å². The molecule has 0 N–H and O–H groups in total. The molecule has 3 aromatic carbocycles. The molecule has 0 saturated heterocycles. The first-order chi connectivity index (χ1) is 23.2. The Morgan fingerprint density at radius 1 is 0.447 bits per heavy atom. The molecule has 0 radical (unpaired) electrons. The molecule has 224 valence electrons. The van der Waals surface area contributed by atoms with Crippen LogP contribution in [-0.2, 0) is 0 Å². The van der Waals surface area contributed by atoms with Gasteiger partial charge in [0.1, 0.15) is 17.7 Å². The Balaban J connectivity index is 1.04. The van der Waals surface area contributed by atoms with Gasteiger partial charge in [-0.2, -0.15) is 10.5 Å². The van der Waals surface area contributed by atoms with Crippen molar-refractivity contribution in [2.75, 3.05) is 4.90 Å². The zero-order valence-electron chi connectivity index (χ0n) is 24.9. The lowest BCUT2D eigenvalue weighted by Crippen LogP contribution is -2.09. The standard InChI is InChI=1S/C40H25N3S4/c41-26-28(27-42)25-35-19-22-38(46-35)37-20-17-33(44-37)15-16-34-18-21-39(45-34)40-24-23-36(47-40)29-11-13-32(14-12-29)43(30-7-3-1-4-8-30)31-9-5-2-6-10-31/h1-25H/b16-15+. The van der Waals surface area contributed by atoms with E-state index in [4.69, 9.17) is 10.5 Å². The highest BCUT2D eigenvalue weighted by Crippen LogP contribution is 2.40. The fraction of sp³-hybridized carbons (Fsp3) is 0. The molecule has 4 heterocycles. The average molecular weight is 676 g/mol. The summed E-state index contributed by atoms with van der Waals surface area (Å²) in [5.74, 6) is 0. The van der Waals surface area contributed by atoms with Crippen LogP contribution in [0.3, 0.4) is 0 Å². The van der Waals surface area contributed by atoms with Gasteiger partial charge in [0.2, 0.25) is 0 Å². The molecule has 47 heavy (non-hydrogen) atoms. The minimum Gasteiger partial charge on any atom is -0.311 e. The summed E-state index contributed by atoms with van der Waals surface area (Å²) in [4.78, 5) is 11.6. The van der Waals surface area contributed by atoms with Gasteiger partial charge >= 0.3 is 0 Å². The van der Waals surface area contributed by atoms with Crippen molar-refractivity contribution in [3.8, 4) is 42.1 Å². The number of anilines is 3. The van der Waals surface area contributed by atoms with Crippen LogP contribution in [0.1, 0.15) is 14.6 Å². The molecule has 0 spiro atoms. The van der Waals surface area contributed by atoms with E-state index in [1.165, 1.54) is 34.8 Å². The van der Waals surface area contributed by atoms with E-state index in [-0.39, 0.29) is 5.57 Å². The number of nitriles is 2. The number of hydrogen-bond donors (Lipinski definition) is 0. The number of thiophene rings is 4. The van der Waals surface area contributed by atoms with Crippen molar-refractivity contribution >= 4 is 80.6 Å². The van der Waals surface area contributed by atoms with Crippen LogP contribution in [0.15, 0.2) is 139 Å². The molecule has 0 bridgehead atoms. The van der Waals surface area contributed by atoms with Gasteiger partial charge in [-0.25, -0.2) is 0 Å². The third-order valence-electron chi connectivity index (χ3n) is 7.35. The van der Waals surface area contributed by atoms with Crippen molar-refractivity contribution in [3.63, 3.8) is 0 Å². The van der Waals surface area contributed by atoms with E-state index < -0.39 is 0 Å². The van der Waals surface area contributed by atoms with Gasteiger partial charge in [0.25, 0.3) is 0 Å². The highest BCUT2D eigenvalue weighted by atomic mass is 32.1. The Morgan fingerprint density at radius 2 is 0.872 bits per heavy atom. The summed E-state index contributed by atoms with van der Waals surface area (Å²) in [5, 5.41) is 18.1. The molecule has 0 atom stereocenters. The summed E-state index contributed by atoms with van der Waals surface area (Å²) >= 11 is 6.93. The fourth-order valence-corrected chi connectivity index (χ4v) is 9.07. The Kier molecular flexibility index (Phi) is 9.05. The molecule has 0 saturated carbocycles. The number of para-hydroxylation sites is 2. The largest absolute Gasteiger partial charge is 0.311 e. The molecule has 4 aromatic heterocycles. The van der Waals surface area contributed by atoms with Crippen molar-refractivity contribution in [2.45, 2.75) is 0 Å². The number of allylic oxidation sites excluding steroid dienone is 1. The Bertz CT molecular complexity index is 2210. The SMILES string of the molecule is N#CC(C#N)=Cc1ccc(-c2ccc(/C=C/c3ccc(-c4ccc(-c5ccc(N(c6ccccc6)c6ccccc6)cc5)s4)s3)s2)s1. The molecule has 0 amide bonds. The molecule has 7 heteroatoms. The first kappa shape index (κ1) is 30.4. The van der Waals surface area contributed by atoms with Crippen LogP contribution in [0.5, 0.6) is 0 Å². The lowest BCUT2D eigenvalue weighted by atomic mass is 10.1. The van der Waals surface area contributed by atoms with Gasteiger partial charge in [0.15, 0.2) is 0 Å². The quantitative estimate of drug-likeness (QED) is 0.143. The van der Waals surface area contributed by atoms with Crippen molar-refractivity contribution in [1.29, 1.82) is 10.5 Å². The average Bonchev–Trinajstić information content (AvgIpc) is 3.95. The van der Waals surface area contributed by atoms with Crippen LogP contribution < -0.4 is 4.90 Å². The van der Waals surface area contributed by atoms with Gasteiger partial charge < -0.3 is 4.90 Å². The number of rotatable bonds is 9. The van der Waals surface area contributed by atoms with Crippen LogP contribution in [0.25, 0.3) is 48.2 Å². The number of nitrogens with zero attached hydrogens (tertiary/aromatic N) is 3. The first-order valence-corrected chi connectivity index (χ1v) is 18.0. The van der Waals surface area contributed by atoms with Gasteiger partial charge in [-0.1, -0.05) is 48.5 Å². The van der Waals surface area contributed by atoms with Crippen LogP contribution in [0, 0.1) is 22.7 Å². The molecule has 0 unspecified atom stereocenters. The Hall–Kier alpha value is -5.28. The molecule has 3 nitrogen and oxygen atoms in total. The molecule has 0 aliphatic heterocycles. The third-order valence-corrected chi connectivity index (χ3v) is 12.0. The van der Waals surface area contributed by atoms with Crippen molar-refractivity contribution < 1.29 is 0 Å². The Morgan fingerprint density at radius 3 is 1.40 bits per heavy atom. The summed E-state index contributed by atoms with van der Waals surface area (Å²) in [6.07, 6.45) is 5.98. The maximum absolute atomic E-state index is 9.03. The number of benzene rings is 3. The van der Waals surface area contributed by atoms with Gasteiger partial charge in [-0.05, 0) is 109 Å². The van der Waals surface area contributed by atoms with Gasteiger partial charge in [-0.3, -0.25) is 0 Å². The van der Waals surface area contributed by atoms with E-state index in [2.05, 4.69) is 126 Å². The monoisotopic (exact) mass is 675 g/mol. The predicted octanol–water partition coefficient (Wildman–Crippen LogP) is 13.0. The van der Waals surface area contributed by atoms with Crippen molar-refractivity contribution in [1.82, 2.24) is 0 Å². The molecule has 0 aliphatic carbocycles. The molecule has 0 aliphatic rings. The molecular formula is C40H25N3S4. The minimum atomic E-state index is 0.117. The van der Waals surface area contributed by atoms with Gasteiger partial charge in [0.05, 0.1) is 0 Å². The zero-order chi connectivity index (χ0) is 32.0. The van der Waals surface area contributed by atoms with Crippen molar-refractivity contribution in [2.24, 2.45) is 0 Å². The minimum absolute atomic E-state index is 0.117. The summed E-state index contributed by atoms with van der Waals surface area (Å²) in [6.45, 7) is 0. The topological polar surface area (TPSA) is 50.8 Å². The van der Waals surface area contributed by atoms with Crippen LogP contribution in [-0.4, -0.2) is 0 Å². The summed E-state index contributed by atoms with van der Waals surface area (Å²) < 4.78 is 0. The third kappa shape index (κ3) is 6.95. The highest BCUT2D eigenvalue weighted by Gasteiger charge is 2.13. The second kappa shape index (κ2) is 14.0. The van der Waals surface area contributed by atoms with Crippen molar-refractivity contribution in [3.05, 3.63) is 154 Å². The second-order valence-corrected chi connectivity index (χ2v) is 14.9. The number of hydrogen-bond acceptors (Lipinski definition) is 7. The lowest BCUT2D eigenvalue weighted by molar-refractivity contribution is 1.28. The molecule has 0 fully saturated rings. The highest BCUT2D eigenvalue weighted by molar-refractivity contribution is 7.24. The van der Waals surface area contributed by atoms with Gasteiger partial charge in [-0.15, -0.1) is 45.3 Å². The Labute approximate surface area is 290 Å². The summed E-state index contributed by atoms with van der Waals surface area (Å²) in [7, 11) is 0. The first-order valence-electron chi connectivity index (χ1n) is 14.8.